The molecule has 0 saturated carbocycles. The van der Waals surface area contributed by atoms with Crippen LogP contribution >= 0.6 is 0 Å². The molecule has 93 heavy (non-hydrogen) atoms. The lowest BCUT2D eigenvalue weighted by Crippen LogP contribution is -2.23. The third-order valence-electron chi connectivity index (χ3n) is 14.7. The number of aromatic amines is 3. The zero-order valence-corrected chi connectivity index (χ0v) is 66.8. The van der Waals surface area contributed by atoms with Crippen molar-refractivity contribution >= 4 is 0 Å². The standard InChI is InChI=1S/2C12H21N.3C11H20N2.2C10H19N3.2CH4/c1-11(2,3)9-7-10(13-8-9)12(4,5)6;1-11(2,3)10-7-8-13(9-10)12(4,5)6;1-10(2,3)9-7-13(8-12-9)11(4,5)6;1-10(2,3)8-7-12-9(13-8)11(4,5)6;1-10(2,3)9-7-8-13(12-9)11(4,5)6;1-9(2,3)8-11-7-13(12-8)10(4,5)6;1-9(2,3)7-11-8(13-12-7)10(4,5)6;;/h7-8,13H,1-6H3;7-9H,1-6H3;7-8H,1-6H3;7H,1-6H3,(H,12,13);7-8H,1-6H3;7H,1-6H3;1-6H3,(H,11,12,13);2*1H4. The van der Waals surface area contributed by atoms with E-state index in [1.54, 1.807) is 6.33 Å². The lowest BCUT2D eigenvalue weighted by atomic mass is 9.86. The minimum Gasteiger partial charge on any atom is -0.364 e. The summed E-state index contributed by atoms with van der Waals surface area (Å²) in [5.41, 5.74) is 9.50. The lowest BCUT2D eigenvalue weighted by molar-refractivity contribution is 0.348. The Morgan fingerprint density at radius 2 is 0.796 bits per heavy atom. The Morgan fingerprint density at radius 3 is 1.02 bits per heavy atom. The van der Waals surface area contributed by atoms with Crippen molar-refractivity contribution in [2.45, 2.75) is 382 Å². The molecule has 7 rings (SSSR count). The van der Waals surface area contributed by atoms with Crippen molar-refractivity contribution in [2.75, 3.05) is 0 Å². The van der Waals surface area contributed by atoms with Crippen LogP contribution in [0, 0.1) is 0 Å². The van der Waals surface area contributed by atoms with E-state index in [0.717, 1.165) is 34.7 Å². The number of nitrogens with one attached hydrogen (secondary N) is 3. The molecule has 0 radical (unpaired) electrons. The number of imidazole rings is 2. The highest BCUT2D eigenvalue weighted by molar-refractivity contribution is 5.27. The highest BCUT2D eigenvalue weighted by Gasteiger charge is 2.28. The van der Waals surface area contributed by atoms with Gasteiger partial charge in [0.05, 0.1) is 28.8 Å². The normalized spacial score (nSPS) is 13.1. The summed E-state index contributed by atoms with van der Waals surface area (Å²) in [6.45, 7) is 91.4. The molecule has 7 aromatic heterocycles. The summed E-state index contributed by atoms with van der Waals surface area (Å²) < 4.78 is 8.36. The van der Waals surface area contributed by atoms with E-state index in [2.05, 4.69) is 399 Å². The maximum Gasteiger partial charge on any atom is 0.156 e. The van der Waals surface area contributed by atoms with Crippen LogP contribution in [-0.2, 0) is 76.3 Å². The summed E-state index contributed by atoms with van der Waals surface area (Å²) in [6, 6.07) is 6.59. The van der Waals surface area contributed by atoms with Crippen molar-refractivity contribution in [2.24, 2.45) is 0 Å². The summed E-state index contributed by atoms with van der Waals surface area (Å²) >= 11 is 0. The highest BCUT2D eigenvalue weighted by Crippen LogP contribution is 2.31. The van der Waals surface area contributed by atoms with Gasteiger partial charge in [0.25, 0.3) is 0 Å². The van der Waals surface area contributed by atoms with Crippen molar-refractivity contribution in [3.63, 3.8) is 0 Å². The Balaban J connectivity index is 0. The summed E-state index contributed by atoms with van der Waals surface area (Å²) in [7, 11) is 0. The molecule has 0 unspecified atom stereocenters. The first-order chi connectivity index (χ1) is 40.0. The Labute approximate surface area is 573 Å². The minimum atomic E-state index is 0. The summed E-state index contributed by atoms with van der Waals surface area (Å²) in [5, 5.41) is 16.2. The average Bonchev–Trinajstić information content (AvgIpc) is 1.79. The second-order valence-corrected chi connectivity index (χ2v) is 39.3. The Hall–Kier alpha value is -5.53. The molecular formula is C79H148N14. The fourth-order valence-electron chi connectivity index (χ4n) is 7.64. The first-order valence-corrected chi connectivity index (χ1v) is 33.4. The van der Waals surface area contributed by atoms with Crippen LogP contribution in [-0.4, -0.2) is 68.8 Å². The van der Waals surface area contributed by atoms with Crippen molar-refractivity contribution < 1.29 is 0 Å². The van der Waals surface area contributed by atoms with Crippen LogP contribution < -0.4 is 0 Å². The molecule has 0 aromatic carbocycles. The van der Waals surface area contributed by atoms with E-state index in [-0.39, 0.29) is 91.2 Å². The van der Waals surface area contributed by atoms with Gasteiger partial charge in [0.2, 0.25) is 0 Å². The molecule has 0 amide bonds. The molecule has 0 aliphatic rings. The van der Waals surface area contributed by atoms with Crippen LogP contribution in [0.2, 0.25) is 0 Å². The van der Waals surface area contributed by atoms with Gasteiger partial charge in [0.15, 0.2) is 11.6 Å². The van der Waals surface area contributed by atoms with E-state index in [1.165, 1.54) is 22.5 Å². The van der Waals surface area contributed by atoms with Crippen molar-refractivity contribution in [3.05, 3.63) is 125 Å². The minimum absolute atomic E-state index is 0. The van der Waals surface area contributed by atoms with Crippen LogP contribution in [0.1, 0.15) is 363 Å². The van der Waals surface area contributed by atoms with Crippen LogP contribution in [0.4, 0.5) is 0 Å². The third-order valence-corrected chi connectivity index (χ3v) is 14.7. The summed E-state index contributed by atoms with van der Waals surface area (Å²) in [6.07, 6.45) is 16.4. The van der Waals surface area contributed by atoms with E-state index in [9.17, 15) is 0 Å². The lowest BCUT2D eigenvalue weighted by Gasteiger charge is -2.22. The average molecular weight is 1290 g/mol. The number of hydrogen-bond acceptors (Lipinski definition) is 7. The largest absolute Gasteiger partial charge is 0.364 e. The number of nitrogens with zero attached hydrogens (tertiary/aromatic N) is 11. The first-order valence-electron chi connectivity index (χ1n) is 33.4. The monoisotopic (exact) mass is 1290 g/mol. The van der Waals surface area contributed by atoms with Crippen molar-refractivity contribution in [3.8, 4) is 0 Å². The van der Waals surface area contributed by atoms with Gasteiger partial charge < -0.3 is 19.1 Å². The maximum atomic E-state index is 4.57. The molecule has 3 N–H and O–H groups in total. The molecule has 7 heterocycles. The molecule has 0 aliphatic heterocycles. The van der Waals surface area contributed by atoms with Gasteiger partial charge >= 0.3 is 0 Å². The number of H-pyrrole nitrogens is 3. The molecule has 534 valence electrons. The summed E-state index contributed by atoms with van der Waals surface area (Å²) in [4.78, 5) is 24.3. The second-order valence-electron chi connectivity index (χ2n) is 39.3. The quantitative estimate of drug-likeness (QED) is 0.136. The predicted octanol–water partition coefficient (Wildman–Crippen LogP) is 22.0. The Bertz CT molecular complexity index is 2400. The molecule has 0 atom stereocenters. The first kappa shape index (κ1) is 89.5. The molecular weight excluding hydrogens is 1140 g/mol. The molecule has 14 nitrogen and oxygen atoms in total. The molecule has 0 fully saturated rings. The van der Waals surface area contributed by atoms with E-state index in [4.69, 9.17) is 0 Å². The predicted molar refractivity (Wildman–Crippen MR) is 405 cm³/mol. The zero-order chi connectivity index (χ0) is 71.9. The maximum absolute atomic E-state index is 4.57. The van der Waals surface area contributed by atoms with Crippen LogP contribution in [0.15, 0.2) is 68.0 Å². The van der Waals surface area contributed by atoms with Crippen LogP contribution in [0.25, 0.3) is 0 Å². The number of rotatable bonds is 0. The van der Waals surface area contributed by atoms with E-state index in [0.29, 0.717) is 0 Å². The third kappa shape index (κ3) is 30.8. The Kier molecular flexibility index (Phi) is 30.4. The Morgan fingerprint density at radius 1 is 0.344 bits per heavy atom. The van der Waals surface area contributed by atoms with E-state index in [1.807, 2.05) is 21.9 Å². The molecule has 0 aliphatic carbocycles. The smallest absolute Gasteiger partial charge is 0.156 e. The number of hydrogen-bond donors (Lipinski definition) is 3. The van der Waals surface area contributed by atoms with Gasteiger partial charge in [-0.2, -0.15) is 15.3 Å². The second kappa shape index (κ2) is 31.6. The summed E-state index contributed by atoms with van der Waals surface area (Å²) in [5.74, 6) is 3.81. The fourth-order valence-corrected chi connectivity index (χ4v) is 7.64. The van der Waals surface area contributed by atoms with Gasteiger partial charge in [-0.1, -0.05) is 223 Å². The SMILES string of the molecule is C.C.CC(C)(C)c1c[nH]c(C(C)(C)C)c1.CC(C)(C)c1ccn(C(C)(C)C)c1.CC(C)(C)c1ccn(C(C)(C)C)n1.CC(C)(C)c1cn(C(C)(C)C)cn1.CC(C)(C)c1cnc(C(C)(C)C)[nH]1.CC(C)(C)c1n[nH]c(C(C)(C)C)n1.CC(C)(C)c1ncn(C(C)(C)C)n1. The molecule has 0 saturated heterocycles. The van der Waals surface area contributed by atoms with Crippen molar-refractivity contribution in [1.29, 1.82) is 0 Å². The number of aromatic nitrogens is 14. The van der Waals surface area contributed by atoms with Gasteiger partial charge in [-0.05, 0) is 123 Å². The van der Waals surface area contributed by atoms with Gasteiger partial charge in [-0.3, -0.25) is 9.78 Å². The van der Waals surface area contributed by atoms with Crippen LogP contribution in [0.5, 0.6) is 0 Å². The molecule has 0 spiro atoms. The van der Waals surface area contributed by atoms with Crippen molar-refractivity contribution in [1.82, 2.24) is 68.8 Å². The highest BCUT2D eigenvalue weighted by atomic mass is 15.4. The van der Waals surface area contributed by atoms with E-state index >= 15 is 0 Å². The fraction of sp³-hybridized carbons (Fsp3) is 0.734. The van der Waals surface area contributed by atoms with Crippen LogP contribution in [0.3, 0.4) is 0 Å². The van der Waals surface area contributed by atoms with Gasteiger partial charge in [0.1, 0.15) is 18.0 Å². The zero-order valence-electron chi connectivity index (χ0n) is 66.8. The topological polar surface area (TPSA) is 157 Å². The van der Waals surface area contributed by atoms with E-state index < -0.39 is 0 Å². The van der Waals surface area contributed by atoms with Gasteiger partial charge in [-0.15, -0.1) is 0 Å². The van der Waals surface area contributed by atoms with Gasteiger partial charge in [0, 0.05) is 103 Å². The molecule has 14 heteroatoms. The van der Waals surface area contributed by atoms with Gasteiger partial charge in [-0.25, -0.2) is 24.6 Å². The molecule has 7 aromatic rings. The molecule has 0 bridgehead atoms.